The van der Waals surface area contributed by atoms with Crippen LogP contribution in [0.1, 0.15) is 36.5 Å². The van der Waals surface area contributed by atoms with Gasteiger partial charge >= 0.3 is 0 Å². The summed E-state index contributed by atoms with van der Waals surface area (Å²) in [6.07, 6.45) is 3.36. The van der Waals surface area contributed by atoms with E-state index in [0.717, 1.165) is 30.6 Å². The molecule has 1 fully saturated rings. The van der Waals surface area contributed by atoms with E-state index in [1.165, 1.54) is 6.42 Å². The summed E-state index contributed by atoms with van der Waals surface area (Å²) < 4.78 is 0. The van der Waals surface area contributed by atoms with Gasteiger partial charge in [0.15, 0.2) is 5.78 Å². The van der Waals surface area contributed by atoms with Crippen LogP contribution in [-0.2, 0) is 0 Å². The molecule has 92 valence electrons. The number of rotatable bonds is 3. The Bertz CT molecular complexity index is 403. The van der Waals surface area contributed by atoms with E-state index in [-0.39, 0.29) is 18.4 Å². The van der Waals surface area contributed by atoms with Gasteiger partial charge in [0, 0.05) is 17.8 Å². The maximum Gasteiger partial charge on any atom is 0.159 e. The standard InChI is InChI=1S/C14H19NO2/c1-11(17)12-5-4-7-13(9-12)15-8-3-2-6-14(15)10-16/h4-5,7,9,14,16H,2-3,6,8,10H2,1H3. The monoisotopic (exact) mass is 233 g/mol. The van der Waals surface area contributed by atoms with Gasteiger partial charge in [0.2, 0.25) is 0 Å². The first kappa shape index (κ1) is 12.1. The van der Waals surface area contributed by atoms with E-state index in [0.29, 0.717) is 0 Å². The number of aliphatic hydroxyl groups excluding tert-OH is 1. The molecule has 1 aromatic carbocycles. The Hall–Kier alpha value is -1.35. The summed E-state index contributed by atoms with van der Waals surface area (Å²) in [5.41, 5.74) is 1.79. The average Bonchev–Trinajstić information content (AvgIpc) is 2.39. The lowest BCUT2D eigenvalue weighted by Gasteiger charge is -2.36. The summed E-state index contributed by atoms with van der Waals surface area (Å²) >= 11 is 0. The van der Waals surface area contributed by atoms with Gasteiger partial charge in [0.1, 0.15) is 0 Å². The first-order chi connectivity index (χ1) is 8.22. The molecule has 2 rings (SSSR count). The highest BCUT2D eigenvalue weighted by atomic mass is 16.3. The van der Waals surface area contributed by atoms with Gasteiger partial charge in [-0.25, -0.2) is 0 Å². The summed E-state index contributed by atoms with van der Waals surface area (Å²) in [6, 6.07) is 7.89. The van der Waals surface area contributed by atoms with Crippen LogP contribution in [0.3, 0.4) is 0 Å². The van der Waals surface area contributed by atoms with Gasteiger partial charge in [-0.1, -0.05) is 12.1 Å². The molecule has 1 unspecified atom stereocenters. The minimum Gasteiger partial charge on any atom is -0.394 e. The highest BCUT2D eigenvalue weighted by Gasteiger charge is 2.22. The number of aliphatic hydroxyl groups is 1. The molecular weight excluding hydrogens is 214 g/mol. The van der Waals surface area contributed by atoms with Crippen molar-refractivity contribution in [3.63, 3.8) is 0 Å². The van der Waals surface area contributed by atoms with Crippen molar-refractivity contribution in [3.05, 3.63) is 29.8 Å². The van der Waals surface area contributed by atoms with E-state index in [1.807, 2.05) is 24.3 Å². The maximum atomic E-state index is 11.4. The number of carbonyl (C=O) groups excluding carboxylic acids is 1. The second-order valence-electron chi connectivity index (χ2n) is 4.63. The number of nitrogens with zero attached hydrogens (tertiary/aromatic N) is 1. The fourth-order valence-electron chi connectivity index (χ4n) is 2.43. The Balaban J connectivity index is 2.25. The van der Waals surface area contributed by atoms with Crippen molar-refractivity contribution in [2.45, 2.75) is 32.2 Å². The maximum absolute atomic E-state index is 11.4. The normalized spacial score (nSPS) is 20.4. The summed E-state index contributed by atoms with van der Waals surface area (Å²) in [4.78, 5) is 13.6. The zero-order valence-electron chi connectivity index (χ0n) is 10.2. The van der Waals surface area contributed by atoms with Crippen LogP contribution in [-0.4, -0.2) is 30.1 Å². The molecule has 17 heavy (non-hydrogen) atoms. The minimum absolute atomic E-state index is 0.0874. The number of benzene rings is 1. The van der Waals surface area contributed by atoms with Crippen LogP contribution in [0.5, 0.6) is 0 Å². The largest absolute Gasteiger partial charge is 0.394 e. The molecule has 1 aliphatic rings. The third-order valence-electron chi connectivity index (χ3n) is 3.42. The molecule has 0 aromatic heterocycles. The van der Waals surface area contributed by atoms with Crippen LogP contribution in [0.15, 0.2) is 24.3 Å². The van der Waals surface area contributed by atoms with Gasteiger partial charge in [-0.2, -0.15) is 0 Å². The van der Waals surface area contributed by atoms with E-state index in [4.69, 9.17) is 0 Å². The van der Waals surface area contributed by atoms with E-state index >= 15 is 0 Å². The van der Waals surface area contributed by atoms with Crippen molar-refractivity contribution in [2.24, 2.45) is 0 Å². The molecule has 0 saturated carbocycles. The predicted octanol–water partition coefficient (Wildman–Crippen LogP) is 2.24. The lowest BCUT2D eigenvalue weighted by Crippen LogP contribution is -2.41. The summed E-state index contributed by atoms with van der Waals surface area (Å²) in [7, 11) is 0. The molecule has 1 aliphatic heterocycles. The minimum atomic E-state index is 0.0874. The third kappa shape index (κ3) is 2.67. The number of carbonyl (C=O) groups is 1. The first-order valence-electron chi connectivity index (χ1n) is 6.21. The van der Waals surface area contributed by atoms with Crippen LogP contribution in [0.2, 0.25) is 0 Å². The van der Waals surface area contributed by atoms with E-state index < -0.39 is 0 Å². The molecule has 3 nitrogen and oxygen atoms in total. The molecule has 0 bridgehead atoms. The number of anilines is 1. The molecule has 1 N–H and O–H groups in total. The Morgan fingerprint density at radius 3 is 3.00 bits per heavy atom. The van der Waals surface area contributed by atoms with Crippen LogP contribution < -0.4 is 4.90 Å². The number of hydrogen-bond acceptors (Lipinski definition) is 3. The predicted molar refractivity (Wildman–Crippen MR) is 68.5 cm³/mol. The topological polar surface area (TPSA) is 40.5 Å². The van der Waals surface area contributed by atoms with Gasteiger partial charge in [0.05, 0.1) is 12.6 Å². The summed E-state index contributed by atoms with van der Waals surface area (Å²) in [5, 5.41) is 9.39. The quantitative estimate of drug-likeness (QED) is 0.814. The van der Waals surface area contributed by atoms with Crippen molar-refractivity contribution >= 4 is 11.5 Å². The lowest BCUT2D eigenvalue weighted by atomic mass is 10.0. The molecule has 1 saturated heterocycles. The fourth-order valence-corrected chi connectivity index (χ4v) is 2.43. The van der Waals surface area contributed by atoms with Crippen molar-refractivity contribution < 1.29 is 9.90 Å². The van der Waals surface area contributed by atoms with E-state index in [2.05, 4.69) is 4.90 Å². The highest BCUT2D eigenvalue weighted by molar-refractivity contribution is 5.95. The molecule has 1 atom stereocenters. The lowest BCUT2D eigenvalue weighted by molar-refractivity contribution is 0.101. The molecule has 1 aromatic rings. The number of piperidine rings is 1. The fraction of sp³-hybridized carbons (Fsp3) is 0.500. The molecule has 0 aliphatic carbocycles. The van der Waals surface area contributed by atoms with Gasteiger partial charge in [-0.3, -0.25) is 4.79 Å². The Labute approximate surface area is 102 Å². The Kier molecular flexibility index (Phi) is 3.79. The second kappa shape index (κ2) is 5.32. The van der Waals surface area contributed by atoms with E-state index in [1.54, 1.807) is 6.92 Å². The van der Waals surface area contributed by atoms with Gasteiger partial charge < -0.3 is 10.0 Å². The SMILES string of the molecule is CC(=O)c1cccc(N2CCCCC2CO)c1. The van der Waals surface area contributed by atoms with E-state index in [9.17, 15) is 9.90 Å². The van der Waals surface area contributed by atoms with Gasteiger partial charge in [-0.15, -0.1) is 0 Å². The number of ketones is 1. The average molecular weight is 233 g/mol. The Morgan fingerprint density at radius 1 is 1.47 bits per heavy atom. The van der Waals surface area contributed by atoms with Crippen molar-refractivity contribution in [2.75, 3.05) is 18.1 Å². The van der Waals surface area contributed by atoms with Gasteiger partial charge in [0.25, 0.3) is 0 Å². The highest BCUT2D eigenvalue weighted by Crippen LogP contribution is 2.25. The molecule has 0 spiro atoms. The zero-order chi connectivity index (χ0) is 12.3. The molecule has 0 amide bonds. The van der Waals surface area contributed by atoms with Crippen LogP contribution in [0.25, 0.3) is 0 Å². The molecular formula is C14H19NO2. The smallest absolute Gasteiger partial charge is 0.159 e. The Morgan fingerprint density at radius 2 is 2.29 bits per heavy atom. The first-order valence-corrected chi connectivity index (χ1v) is 6.21. The summed E-state index contributed by atoms with van der Waals surface area (Å²) in [5.74, 6) is 0.0874. The molecule has 3 heteroatoms. The molecule has 1 heterocycles. The van der Waals surface area contributed by atoms with Crippen molar-refractivity contribution in [3.8, 4) is 0 Å². The third-order valence-corrected chi connectivity index (χ3v) is 3.42. The molecule has 0 radical (unpaired) electrons. The van der Waals surface area contributed by atoms with Gasteiger partial charge in [-0.05, 0) is 38.3 Å². The summed E-state index contributed by atoms with van der Waals surface area (Å²) in [6.45, 7) is 2.73. The van der Waals surface area contributed by atoms with Crippen LogP contribution in [0.4, 0.5) is 5.69 Å². The van der Waals surface area contributed by atoms with Crippen molar-refractivity contribution in [1.82, 2.24) is 0 Å². The van der Waals surface area contributed by atoms with Crippen molar-refractivity contribution in [1.29, 1.82) is 0 Å². The zero-order valence-corrected chi connectivity index (χ0v) is 10.2. The number of hydrogen-bond donors (Lipinski definition) is 1. The second-order valence-corrected chi connectivity index (χ2v) is 4.63. The van der Waals surface area contributed by atoms with Crippen LogP contribution in [0, 0.1) is 0 Å². The number of Topliss-reactive ketones (excluding diaryl/α,β-unsaturated/α-hetero) is 1. The van der Waals surface area contributed by atoms with Crippen LogP contribution >= 0.6 is 0 Å².